The van der Waals surface area contributed by atoms with Crippen molar-refractivity contribution < 1.29 is 30.6 Å². The highest BCUT2D eigenvalue weighted by Crippen LogP contribution is 2.41. The molecule has 1 rings (SSSR count). The van der Waals surface area contributed by atoms with Gasteiger partial charge in [-0.05, 0) is 24.5 Å². The van der Waals surface area contributed by atoms with E-state index in [-0.39, 0.29) is 0 Å². The van der Waals surface area contributed by atoms with Gasteiger partial charge in [-0.1, -0.05) is 6.07 Å². The Bertz CT molecular complexity index is 551. The van der Waals surface area contributed by atoms with Crippen LogP contribution >= 0.6 is 11.8 Å². The second-order valence-electron chi connectivity index (χ2n) is 3.21. The zero-order valence-corrected chi connectivity index (χ0v) is 10.9. The summed E-state index contributed by atoms with van der Waals surface area (Å²) in [7, 11) is -6.38. The molecule has 108 valence electrons. The average Bonchev–Trinajstić information content (AvgIpc) is 2.26. The predicted molar refractivity (Wildman–Crippen MR) is 60.6 cm³/mol. The molecule has 0 aliphatic heterocycles. The van der Waals surface area contributed by atoms with Crippen LogP contribution in [-0.4, -0.2) is 21.5 Å². The molecule has 0 bridgehead atoms. The summed E-state index contributed by atoms with van der Waals surface area (Å²) in [6, 6.07) is 4.64. The molecule has 1 aromatic rings. The Morgan fingerprint density at radius 3 is 2.05 bits per heavy atom. The Labute approximate surface area is 109 Å². The van der Waals surface area contributed by atoms with Crippen molar-refractivity contribution in [3.05, 3.63) is 24.3 Å². The molecule has 0 N–H and O–H groups in total. The summed E-state index contributed by atoms with van der Waals surface area (Å²) in [6.45, 7) is 0. The van der Waals surface area contributed by atoms with Gasteiger partial charge >= 0.3 is 11.0 Å². The molecule has 0 aliphatic carbocycles. The first-order valence-electron chi connectivity index (χ1n) is 4.55. The average molecular weight is 323 g/mol. The van der Waals surface area contributed by atoms with Crippen molar-refractivity contribution in [1.29, 1.82) is 0 Å². The molecule has 1 aromatic carbocycles. The lowest BCUT2D eigenvalue weighted by molar-refractivity contribution is -0.0826. The molecule has 0 heterocycles. The van der Waals surface area contributed by atoms with E-state index in [4.69, 9.17) is 0 Å². The zero-order valence-electron chi connectivity index (χ0n) is 9.25. The van der Waals surface area contributed by atoms with Gasteiger partial charge in [0.2, 0.25) is 9.73 Å². The molecule has 0 aliphatic rings. The molecule has 10 heteroatoms. The number of alkyl halides is 6. The van der Waals surface area contributed by atoms with Crippen molar-refractivity contribution in [3.63, 3.8) is 0 Å². The van der Waals surface area contributed by atoms with E-state index >= 15 is 0 Å². The lowest BCUT2D eigenvalue weighted by Gasteiger charge is -2.16. The van der Waals surface area contributed by atoms with E-state index in [1.165, 1.54) is 12.1 Å². The van der Waals surface area contributed by atoms with Gasteiger partial charge in [-0.2, -0.15) is 30.7 Å². The van der Waals surface area contributed by atoms with Crippen LogP contribution in [0.15, 0.2) is 33.5 Å². The van der Waals surface area contributed by atoms with Crippen molar-refractivity contribution in [2.24, 2.45) is 4.36 Å². The van der Waals surface area contributed by atoms with Crippen LogP contribution in [0.2, 0.25) is 0 Å². The summed E-state index contributed by atoms with van der Waals surface area (Å²) in [5.41, 5.74) is -12.6. The molecule has 2 nitrogen and oxygen atoms in total. The van der Waals surface area contributed by atoms with Gasteiger partial charge in [-0.25, -0.2) is 4.21 Å². The smallest absolute Gasteiger partial charge is 0.231 e. The molecule has 0 fully saturated rings. The van der Waals surface area contributed by atoms with Crippen LogP contribution in [0.5, 0.6) is 0 Å². The van der Waals surface area contributed by atoms with Crippen LogP contribution in [-0.2, 0) is 9.73 Å². The number of halogens is 6. The SMILES string of the molecule is CSc1cccc(N=S(=O)(C(F)(F)F)C(F)(F)F)c1. The standard InChI is InChI=1S/C9H7F6NOS2/c1-18-7-4-2-3-6(5-7)16-19(17,8(10,11)12)9(13,14)15/h2-5H,1H3. The van der Waals surface area contributed by atoms with Gasteiger partial charge < -0.3 is 0 Å². The Morgan fingerprint density at radius 1 is 1.11 bits per heavy atom. The summed E-state index contributed by atoms with van der Waals surface area (Å²) in [5, 5.41) is 0. The Balaban J connectivity index is 3.50. The van der Waals surface area contributed by atoms with Crippen molar-refractivity contribution >= 4 is 27.2 Å². The Kier molecular flexibility index (Phi) is 4.45. The lowest BCUT2D eigenvalue weighted by atomic mass is 10.3. The van der Waals surface area contributed by atoms with E-state index in [2.05, 4.69) is 4.36 Å². The second kappa shape index (κ2) is 5.23. The highest BCUT2D eigenvalue weighted by Gasteiger charge is 2.61. The minimum absolute atomic E-state index is 0.410. The second-order valence-corrected chi connectivity index (χ2v) is 6.25. The van der Waals surface area contributed by atoms with E-state index in [1.807, 2.05) is 0 Å². The van der Waals surface area contributed by atoms with E-state index in [0.717, 1.165) is 23.9 Å². The molecular weight excluding hydrogens is 316 g/mol. The fourth-order valence-electron chi connectivity index (χ4n) is 1.05. The largest absolute Gasteiger partial charge is 0.488 e. The van der Waals surface area contributed by atoms with Crippen LogP contribution in [0.1, 0.15) is 0 Å². The molecule has 0 amide bonds. The van der Waals surface area contributed by atoms with Crippen molar-refractivity contribution in [2.75, 3.05) is 6.26 Å². The third-order valence-electron chi connectivity index (χ3n) is 1.91. The van der Waals surface area contributed by atoms with E-state index < -0.39 is 26.4 Å². The van der Waals surface area contributed by atoms with Crippen LogP contribution in [0.4, 0.5) is 32.0 Å². The quantitative estimate of drug-likeness (QED) is 0.590. The molecule has 0 saturated carbocycles. The molecule has 0 unspecified atom stereocenters. The van der Waals surface area contributed by atoms with E-state index in [1.54, 1.807) is 6.26 Å². The Morgan fingerprint density at radius 2 is 1.63 bits per heavy atom. The number of rotatable bonds is 2. The van der Waals surface area contributed by atoms with Crippen LogP contribution in [0.3, 0.4) is 0 Å². The minimum atomic E-state index is -6.38. The van der Waals surface area contributed by atoms with Gasteiger partial charge in [0.1, 0.15) is 0 Å². The number of thioether (sulfide) groups is 1. The first-order chi connectivity index (χ1) is 8.51. The first-order valence-corrected chi connectivity index (χ1v) is 7.29. The molecule has 0 saturated heterocycles. The van der Waals surface area contributed by atoms with E-state index in [9.17, 15) is 30.6 Å². The van der Waals surface area contributed by atoms with Gasteiger partial charge in [0, 0.05) is 4.90 Å². The summed E-state index contributed by atoms with van der Waals surface area (Å²) in [5.74, 6) is 0. The maximum absolute atomic E-state index is 12.4. The minimum Gasteiger partial charge on any atom is -0.231 e. The fraction of sp³-hybridized carbons (Fsp3) is 0.333. The fourth-order valence-corrected chi connectivity index (χ4v) is 2.38. The molecule has 0 radical (unpaired) electrons. The third-order valence-corrected chi connectivity index (χ3v) is 4.36. The van der Waals surface area contributed by atoms with Gasteiger partial charge in [-0.15, -0.1) is 11.8 Å². The summed E-state index contributed by atoms with van der Waals surface area (Å²) < 4.78 is 87.8. The predicted octanol–water partition coefficient (Wildman–Crippen LogP) is 4.55. The van der Waals surface area contributed by atoms with Gasteiger partial charge in [0.15, 0.2) is 0 Å². The highest BCUT2D eigenvalue weighted by molar-refractivity contribution is 7.98. The normalized spacial score (nSPS) is 13.4. The number of nitrogens with zero attached hydrogens (tertiary/aromatic N) is 1. The van der Waals surface area contributed by atoms with Crippen LogP contribution in [0, 0.1) is 0 Å². The van der Waals surface area contributed by atoms with Crippen LogP contribution in [0.25, 0.3) is 0 Å². The zero-order chi connectivity index (χ0) is 14.9. The van der Waals surface area contributed by atoms with Crippen molar-refractivity contribution in [3.8, 4) is 0 Å². The topological polar surface area (TPSA) is 29.4 Å². The Hall–Kier alpha value is -0.900. The summed E-state index contributed by atoms with van der Waals surface area (Å²) >= 11 is 1.11. The molecule has 0 spiro atoms. The number of hydrogen-bond acceptors (Lipinski definition) is 3. The number of hydrogen-bond donors (Lipinski definition) is 0. The van der Waals surface area contributed by atoms with Gasteiger partial charge in [-0.3, -0.25) is 0 Å². The third kappa shape index (κ3) is 3.35. The van der Waals surface area contributed by atoms with Crippen molar-refractivity contribution in [2.45, 2.75) is 15.9 Å². The maximum atomic E-state index is 12.4. The van der Waals surface area contributed by atoms with Crippen molar-refractivity contribution in [1.82, 2.24) is 0 Å². The molecule has 19 heavy (non-hydrogen) atoms. The van der Waals surface area contributed by atoms with Crippen LogP contribution < -0.4 is 0 Å². The molecule has 0 atom stereocenters. The van der Waals surface area contributed by atoms with Gasteiger partial charge in [0.25, 0.3) is 0 Å². The van der Waals surface area contributed by atoms with E-state index in [0.29, 0.717) is 4.90 Å². The monoisotopic (exact) mass is 323 g/mol. The molecule has 0 aromatic heterocycles. The summed E-state index contributed by atoms with van der Waals surface area (Å²) in [4.78, 5) is 0.410. The highest BCUT2D eigenvalue weighted by atomic mass is 32.2. The summed E-state index contributed by atoms with van der Waals surface area (Å²) in [6.07, 6.45) is 1.59. The molecular formula is C9H7F6NOS2. The maximum Gasteiger partial charge on any atom is 0.488 e. The first kappa shape index (κ1) is 16.2. The lowest BCUT2D eigenvalue weighted by Crippen LogP contribution is -2.36. The van der Waals surface area contributed by atoms with Gasteiger partial charge in [0.05, 0.1) is 5.69 Å². The number of benzene rings is 1.